The summed E-state index contributed by atoms with van der Waals surface area (Å²) in [6.45, 7) is 3.50. The number of carbonyl (C=O) groups excluding carboxylic acids is 1. The molecule has 0 aliphatic heterocycles. The molecule has 0 rings (SSSR count). The van der Waals surface area contributed by atoms with Crippen LogP contribution in [0, 0.1) is 0 Å². The van der Waals surface area contributed by atoms with Crippen LogP contribution in [0.15, 0.2) is 0 Å². The van der Waals surface area contributed by atoms with E-state index in [-0.39, 0.29) is 11.9 Å². The molecule has 1 unspecified atom stereocenters. The Morgan fingerprint density at radius 3 is 2.64 bits per heavy atom. The van der Waals surface area contributed by atoms with Gasteiger partial charge in [-0.05, 0) is 32.9 Å². The maximum absolute atomic E-state index is 11.5. The van der Waals surface area contributed by atoms with E-state index in [2.05, 4.69) is 10.6 Å². The molecule has 0 radical (unpaired) electrons. The maximum Gasteiger partial charge on any atom is 0.237 e. The van der Waals surface area contributed by atoms with Gasteiger partial charge in [-0.25, -0.2) is 0 Å². The minimum Gasteiger partial charge on any atom is -0.355 e. The Hall–Kier alpha value is -0.610. The quantitative estimate of drug-likeness (QED) is 0.492. The van der Waals surface area contributed by atoms with Crippen molar-refractivity contribution in [3.8, 4) is 0 Å². The Morgan fingerprint density at radius 2 is 2.14 bits per heavy atom. The molecule has 0 fully saturated rings. The van der Waals surface area contributed by atoms with E-state index in [1.165, 1.54) is 0 Å². The summed E-state index contributed by atoms with van der Waals surface area (Å²) in [7, 11) is 1.82. The molecule has 0 spiro atoms. The Bertz CT molecular complexity index is 150. The van der Waals surface area contributed by atoms with Gasteiger partial charge in [0.2, 0.25) is 5.91 Å². The molecule has 4 N–H and O–H groups in total. The lowest BCUT2D eigenvalue weighted by Gasteiger charge is -2.15. The predicted molar refractivity (Wildman–Crippen MR) is 59.1 cm³/mol. The standard InChI is InChI=1S/C10H23N3O/c1-3-8-13-10(14)9(12-2)6-4-5-7-11/h9,12H,3-8,11H2,1-2H3,(H,13,14). The lowest BCUT2D eigenvalue weighted by Crippen LogP contribution is -2.42. The first kappa shape index (κ1) is 13.4. The zero-order valence-electron chi connectivity index (χ0n) is 9.31. The van der Waals surface area contributed by atoms with Crippen molar-refractivity contribution in [2.75, 3.05) is 20.1 Å². The van der Waals surface area contributed by atoms with Gasteiger partial charge in [0.05, 0.1) is 6.04 Å². The van der Waals surface area contributed by atoms with Crippen molar-refractivity contribution in [2.24, 2.45) is 5.73 Å². The second-order valence-corrected chi connectivity index (χ2v) is 3.42. The third kappa shape index (κ3) is 5.94. The van der Waals surface area contributed by atoms with E-state index in [1.807, 2.05) is 14.0 Å². The second-order valence-electron chi connectivity index (χ2n) is 3.42. The van der Waals surface area contributed by atoms with Gasteiger partial charge in [-0.1, -0.05) is 13.3 Å². The summed E-state index contributed by atoms with van der Waals surface area (Å²) in [5.41, 5.74) is 5.39. The fourth-order valence-electron chi connectivity index (χ4n) is 1.27. The first-order valence-corrected chi connectivity index (χ1v) is 5.41. The Kier molecular flexibility index (Phi) is 8.57. The van der Waals surface area contributed by atoms with Gasteiger partial charge in [-0.2, -0.15) is 0 Å². The van der Waals surface area contributed by atoms with Crippen molar-refractivity contribution < 1.29 is 4.79 Å². The number of hydrogen-bond donors (Lipinski definition) is 3. The number of carbonyl (C=O) groups is 1. The van der Waals surface area contributed by atoms with Gasteiger partial charge in [0.15, 0.2) is 0 Å². The highest BCUT2D eigenvalue weighted by Gasteiger charge is 2.14. The maximum atomic E-state index is 11.5. The summed E-state index contributed by atoms with van der Waals surface area (Å²) < 4.78 is 0. The number of hydrogen-bond acceptors (Lipinski definition) is 3. The lowest BCUT2D eigenvalue weighted by atomic mass is 10.1. The van der Waals surface area contributed by atoms with E-state index in [0.717, 1.165) is 32.2 Å². The van der Waals surface area contributed by atoms with Crippen molar-refractivity contribution in [1.29, 1.82) is 0 Å². The molecule has 0 heterocycles. The lowest BCUT2D eigenvalue weighted by molar-refractivity contribution is -0.123. The van der Waals surface area contributed by atoms with Gasteiger partial charge >= 0.3 is 0 Å². The van der Waals surface area contributed by atoms with Crippen molar-refractivity contribution in [1.82, 2.24) is 10.6 Å². The third-order valence-electron chi connectivity index (χ3n) is 2.16. The molecule has 84 valence electrons. The number of nitrogens with two attached hydrogens (primary N) is 1. The van der Waals surface area contributed by atoms with Gasteiger partial charge in [-0.15, -0.1) is 0 Å². The zero-order valence-corrected chi connectivity index (χ0v) is 9.31. The van der Waals surface area contributed by atoms with Crippen LogP contribution < -0.4 is 16.4 Å². The Labute approximate surface area is 86.6 Å². The predicted octanol–water partition coefficient (Wildman–Crippen LogP) is 0.230. The molecule has 0 saturated carbocycles. The first-order chi connectivity index (χ1) is 6.76. The van der Waals surface area contributed by atoms with Gasteiger partial charge in [0.25, 0.3) is 0 Å². The molecule has 4 nitrogen and oxygen atoms in total. The summed E-state index contributed by atoms with van der Waals surface area (Å²) in [5, 5.41) is 5.89. The number of likely N-dealkylation sites (N-methyl/N-ethyl adjacent to an activating group) is 1. The minimum absolute atomic E-state index is 0.0619. The van der Waals surface area contributed by atoms with Crippen LogP contribution >= 0.6 is 0 Å². The highest BCUT2D eigenvalue weighted by molar-refractivity contribution is 5.81. The van der Waals surface area contributed by atoms with Crippen molar-refractivity contribution >= 4 is 5.91 Å². The Morgan fingerprint density at radius 1 is 1.43 bits per heavy atom. The molecule has 1 amide bonds. The summed E-state index contributed by atoms with van der Waals surface area (Å²) >= 11 is 0. The van der Waals surface area contributed by atoms with Gasteiger partial charge < -0.3 is 16.4 Å². The van der Waals surface area contributed by atoms with Crippen LogP contribution in [0.25, 0.3) is 0 Å². The highest BCUT2D eigenvalue weighted by atomic mass is 16.2. The zero-order chi connectivity index (χ0) is 10.8. The molecule has 0 aliphatic rings. The molecule has 14 heavy (non-hydrogen) atoms. The second kappa shape index (κ2) is 8.97. The average Bonchev–Trinajstić information content (AvgIpc) is 2.21. The van der Waals surface area contributed by atoms with Crippen molar-refractivity contribution in [2.45, 2.75) is 38.6 Å². The molecule has 0 saturated heterocycles. The smallest absolute Gasteiger partial charge is 0.237 e. The average molecular weight is 201 g/mol. The van der Waals surface area contributed by atoms with Crippen LogP contribution in [0.3, 0.4) is 0 Å². The number of rotatable bonds is 8. The number of nitrogens with one attached hydrogen (secondary N) is 2. The fraction of sp³-hybridized carbons (Fsp3) is 0.900. The summed E-state index contributed by atoms with van der Waals surface area (Å²) in [5.74, 6) is 0.103. The number of amides is 1. The fourth-order valence-corrected chi connectivity index (χ4v) is 1.27. The van der Waals surface area contributed by atoms with Crippen LogP contribution in [0.5, 0.6) is 0 Å². The van der Waals surface area contributed by atoms with Gasteiger partial charge in [0.1, 0.15) is 0 Å². The Balaban J connectivity index is 3.69. The van der Waals surface area contributed by atoms with E-state index >= 15 is 0 Å². The summed E-state index contributed by atoms with van der Waals surface area (Å²) in [6.07, 6.45) is 3.83. The van der Waals surface area contributed by atoms with Crippen LogP contribution in [-0.2, 0) is 4.79 Å². The van der Waals surface area contributed by atoms with Crippen molar-refractivity contribution in [3.05, 3.63) is 0 Å². The minimum atomic E-state index is -0.0619. The molecule has 1 atom stereocenters. The van der Waals surface area contributed by atoms with E-state index in [1.54, 1.807) is 0 Å². The summed E-state index contributed by atoms with van der Waals surface area (Å²) in [6, 6.07) is -0.0619. The molecule has 0 aliphatic carbocycles. The van der Waals surface area contributed by atoms with Gasteiger partial charge in [-0.3, -0.25) is 4.79 Å². The third-order valence-corrected chi connectivity index (χ3v) is 2.16. The van der Waals surface area contributed by atoms with Crippen LogP contribution in [-0.4, -0.2) is 32.1 Å². The molecule has 0 aromatic rings. The summed E-state index contributed by atoms with van der Waals surface area (Å²) in [4.78, 5) is 11.5. The van der Waals surface area contributed by atoms with E-state index in [0.29, 0.717) is 6.54 Å². The number of unbranched alkanes of at least 4 members (excludes halogenated alkanes) is 1. The first-order valence-electron chi connectivity index (χ1n) is 5.41. The molecule has 4 heteroatoms. The molecular weight excluding hydrogens is 178 g/mol. The molecule has 0 bridgehead atoms. The highest BCUT2D eigenvalue weighted by Crippen LogP contribution is 1.99. The molecule has 0 aromatic heterocycles. The van der Waals surface area contributed by atoms with Crippen LogP contribution in [0.2, 0.25) is 0 Å². The van der Waals surface area contributed by atoms with E-state index in [4.69, 9.17) is 5.73 Å². The SMILES string of the molecule is CCCNC(=O)C(CCCCN)NC. The van der Waals surface area contributed by atoms with E-state index in [9.17, 15) is 4.79 Å². The normalized spacial score (nSPS) is 12.5. The molecule has 0 aromatic carbocycles. The topological polar surface area (TPSA) is 67.2 Å². The molecular formula is C10H23N3O. The van der Waals surface area contributed by atoms with Crippen molar-refractivity contribution in [3.63, 3.8) is 0 Å². The van der Waals surface area contributed by atoms with E-state index < -0.39 is 0 Å². The van der Waals surface area contributed by atoms with Crippen LogP contribution in [0.1, 0.15) is 32.6 Å². The van der Waals surface area contributed by atoms with Crippen LogP contribution in [0.4, 0.5) is 0 Å². The monoisotopic (exact) mass is 201 g/mol. The largest absolute Gasteiger partial charge is 0.355 e. The van der Waals surface area contributed by atoms with Gasteiger partial charge in [0, 0.05) is 6.54 Å².